The number of rotatable bonds is 1. The van der Waals surface area contributed by atoms with Crippen LogP contribution in [-0.4, -0.2) is 20.2 Å². The first-order chi connectivity index (χ1) is 3.43. The number of hydrogen-bond donors (Lipinski definition) is 1. The van der Waals surface area contributed by atoms with Crippen molar-refractivity contribution in [1.82, 2.24) is 5.32 Å². The Morgan fingerprint density at radius 2 is 2.71 bits per heavy atom. The Kier molecular flexibility index (Phi) is 1.32. The summed E-state index contributed by atoms with van der Waals surface area (Å²) in [6, 6.07) is 0. The molecule has 1 N–H and O–H groups in total. The maximum absolute atomic E-state index is 4.91. The normalized spacial score (nSPS) is 19.3. The van der Waals surface area contributed by atoms with Crippen LogP contribution < -0.4 is 5.32 Å². The van der Waals surface area contributed by atoms with Crippen LogP contribution in [0.1, 0.15) is 0 Å². The maximum Gasteiger partial charge on any atom is 0.107 e. The largest absolute Gasteiger partial charge is 0.500 e. The molecule has 0 atom stereocenters. The molecule has 2 nitrogen and oxygen atoms in total. The zero-order valence-corrected chi connectivity index (χ0v) is 4.40. The Morgan fingerprint density at radius 1 is 1.86 bits per heavy atom. The van der Waals surface area contributed by atoms with E-state index in [2.05, 4.69) is 5.32 Å². The Labute approximate surface area is 43.2 Å². The van der Waals surface area contributed by atoms with E-state index in [1.165, 1.54) is 0 Å². The fraction of sp³-hybridized carbons (Fsp3) is 0.600. The van der Waals surface area contributed by atoms with Crippen LogP contribution in [0.15, 0.2) is 11.8 Å². The summed E-state index contributed by atoms with van der Waals surface area (Å²) in [5.41, 5.74) is 0. The van der Waals surface area contributed by atoms with Crippen molar-refractivity contribution in [2.24, 2.45) is 0 Å². The highest BCUT2D eigenvalue weighted by Crippen LogP contribution is 1.96. The molecular weight excluding hydrogens is 90.1 g/mol. The van der Waals surface area contributed by atoms with Crippen LogP contribution in [0, 0.1) is 0 Å². The first-order valence-electron chi connectivity index (χ1n) is 2.37. The van der Waals surface area contributed by atoms with Gasteiger partial charge in [-0.3, -0.25) is 0 Å². The van der Waals surface area contributed by atoms with Crippen LogP contribution in [0.2, 0.25) is 0 Å². The topological polar surface area (TPSA) is 21.3 Å². The van der Waals surface area contributed by atoms with Gasteiger partial charge in [0.05, 0.1) is 13.7 Å². The van der Waals surface area contributed by atoms with Crippen LogP contribution in [0.25, 0.3) is 0 Å². The molecule has 0 saturated heterocycles. The predicted molar refractivity (Wildman–Crippen MR) is 28.0 cm³/mol. The van der Waals surface area contributed by atoms with Gasteiger partial charge in [-0.05, 0) is 6.08 Å². The van der Waals surface area contributed by atoms with Gasteiger partial charge in [0.1, 0.15) is 5.76 Å². The van der Waals surface area contributed by atoms with Gasteiger partial charge in [-0.1, -0.05) is 0 Å². The molecule has 1 aliphatic rings. The van der Waals surface area contributed by atoms with Crippen molar-refractivity contribution < 1.29 is 4.74 Å². The van der Waals surface area contributed by atoms with Gasteiger partial charge in [0.15, 0.2) is 0 Å². The Balaban J connectivity index is 2.36. The van der Waals surface area contributed by atoms with Gasteiger partial charge in [-0.2, -0.15) is 0 Å². The van der Waals surface area contributed by atoms with Crippen LogP contribution in [-0.2, 0) is 4.74 Å². The fourth-order valence-corrected chi connectivity index (χ4v) is 0.609. The molecule has 0 spiro atoms. The lowest BCUT2D eigenvalue weighted by Gasteiger charge is -1.94. The third-order valence-corrected chi connectivity index (χ3v) is 1.04. The van der Waals surface area contributed by atoms with E-state index in [0.29, 0.717) is 0 Å². The first-order valence-corrected chi connectivity index (χ1v) is 2.37. The van der Waals surface area contributed by atoms with Gasteiger partial charge in [0.2, 0.25) is 0 Å². The van der Waals surface area contributed by atoms with E-state index in [-0.39, 0.29) is 0 Å². The van der Waals surface area contributed by atoms with E-state index in [1.54, 1.807) is 7.11 Å². The molecule has 0 saturated carbocycles. The first kappa shape index (κ1) is 4.65. The van der Waals surface area contributed by atoms with E-state index in [9.17, 15) is 0 Å². The summed E-state index contributed by atoms with van der Waals surface area (Å²) >= 11 is 0. The fourth-order valence-electron chi connectivity index (χ4n) is 0.609. The zero-order chi connectivity index (χ0) is 5.11. The van der Waals surface area contributed by atoms with E-state index >= 15 is 0 Å². The van der Waals surface area contributed by atoms with Crippen molar-refractivity contribution in [3.63, 3.8) is 0 Å². The van der Waals surface area contributed by atoms with Gasteiger partial charge in [-0.25, -0.2) is 0 Å². The summed E-state index contributed by atoms with van der Waals surface area (Å²) in [6.45, 7) is 1.86. The van der Waals surface area contributed by atoms with Gasteiger partial charge in [0.25, 0.3) is 0 Å². The number of methoxy groups -OCH3 is 1. The van der Waals surface area contributed by atoms with Gasteiger partial charge in [-0.15, -0.1) is 0 Å². The standard InChI is InChI=1S/C5H9NO/c1-7-5-2-3-6-4-5/h2,6H,3-4H2,1H3. The molecule has 0 fully saturated rings. The molecule has 2 heteroatoms. The molecule has 1 heterocycles. The molecule has 1 rings (SSSR count). The molecule has 7 heavy (non-hydrogen) atoms. The molecule has 0 unspecified atom stereocenters. The molecule has 0 aromatic carbocycles. The molecular formula is C5H9NO. The van der Waals surface area contributed by atoms with Gasteiger partial charge < -0.3 is 10.1 Å². The highest BCUT2D eigenvalue weighted by molar-refractivity contribution is 5.02. The minimum Gasteiger partial charge on any atom is -0.500 e. The van der Waals surface area contributed by atoms with E-state index in [0.717, 1.165) is 18.8 Å². The van der Waals surface area contributed by atoms with Gasteiger partial charge >= 0.3 is 0 Å². The number of hydrogen-bond acceptors (Lipinski definition) is 2. The number of ether oxygens (including phenoxy) is 1. The number of nitrogens with one attached hydrogen (secondary N) is 1. The third kappa shape index (κ3) is 0.933. The lowest BCUT2D eigenvalue weighted by molar-refractivity contribution is 0.288. The zero-order valence-electron chi connectivity index (χ0n) is 4.40. The molecule has 0 radical (unpaired) electrons. The smallest absolute Gasteiger partial charge is 0.107 e. The minimum atomic E-state index is 0.899. The van der Waals surface area contributed by atoms with Crippen molar-refractivity contribution in [1.29, 1.82) is 0 Å². The lowest BCUT2D eigenvalue weighted by Crippen LogP contribution is -2.08. The third-order valence-electron chi connectivity index (χ3n) is 1.04. The molecule has 0 aliphatic carbocycles. The van der Waals surface area contributed by atoms with E-state index in [1.807, 2.05) is 6.08 Å². The molecule has 0 amide bonds. The Hall–Kier alpha value is -0.500. The molecule has 0 aromatic rings. The van der Waals surface area contributed by atoms with Gasteiger partial charge in [0, 0.05) is 6.54 Å². The second-order valence-corrected chi connectivity index (χ2v) is 1.51. The molecule has 1 aliphatic heterocycles. The highest BCUT2D eigenvalue weighted by atomic mass is 16.5. The minimum absolute atomic E-state index is 0.899. The Bertz CT molecular complexity index is 88.1. The second kappa shape index (κ2) is 1.98. The van der Waals surface area contributed by atoms with Crippen LogP contribution in [0.5, 0.6) is 0 Å². The second-order valence-electron chi connectivity index (χ2n) is 1.51. The Morgan fingerprint density at radius 3 is 3.00 bits per heavy atom. The predicted octanol–water partition coefficient (Wildman–Crippen LogP) is 0.120. The summed E-state index contributed by atoms with van der Waals surface area (Å²) in [5.74, 6) is 1.06. The van der Waals surface area contributed by atoms with Crippen LogP contribution in [0.3, 0.4) is 0 Å². The summed E-state index contributed by atoms with van der Waals surface area (Å²) in [5, 5.41) is 3.11. The summed E-state index contributed by atoms with van der Waals surface area (Å²) in [7, 11) is 1.69. The highest BCUT2D eigenvalue weighted by Gasteiger charge is 1.99. The van der Waals surface area contributed by atoms with Crippen molar-refractivity contribution in [2.45, 2.75) is 0 Å². The van der Waals surface area contributed by atoms with Crippen LogP contribution >= 0.6 is 0 Å². The monoisotopic (exact) mass is 99.1 g/mol. The molecule has 40 valence electrons. The average molecular weight is 99.1 g/mol. The van der Waals surface area contributed by atoms with E-state index in [4.69, 9.17) is 4.74 Å². The molecule has 0 aromatic heterocycles. The van der Waals surface area contributed by atoms with Crippen LogP contribution in [0.4, 0.5) is 0 Å². The van der Waals surface area contributed by atoms with E-state index < -0.39 is 0 Å². The SMILES string of the molecule is COC1=CCNC1. The summed E-state index contributed by atoms with van der Waals surface area (Å²) in [4.78, 5) is 0. The maximum atomic E-state index is 4.91. The summed E-state index contributed by atoms with van der Waals surface area (Å²) in [6.07, 6.45) is 2.04. The van der Waals surface area contributed by atoms with Crippen molar-refractivity contribution in [3.05, 3.63) is 11.8 Å². The van der Waals surface area contributed by atoms with Crippen molar-refractivity contribution in [3.8, 4) is 0 Å². The summed E-state index contributed by atoms with van der Waals surface area (Å²) < 4.78 is 4.91. The van der Waals surface area contributed by atoms with Crippen molar-refractivity contribution >= 4 is 0 Å². The quantitative estimate of drug-likeness (QED) is 0.504. The van der Waals surface area contributed by atoms with Crippen molar-refractivity contribution in [2.75, 3.05) is 20.2 Å². The molecule has 0 bridgehead atoms. The lowest BCUT2D eigenvalue weighted by atomic mass is 10.5. The average Bonchev–Trinajstić information content (AvgIpc) is 2.14.